The number of rotatable bonds is 5. The SMILES string of the molecule is CCN1C(=O)c2ccccc2Oc2ccc(C(=O)NCc3ccc(N(C)C)cc3)cc21. The number of nitrogens with one attached hydrogen (secondary N) is 1. The highest BCUT2D eigenvalue weighted by Crippen LogP contribution is 2.39. The number of anilines is 2. The van der Waals surface area contributed by atoms with E-state index < -0.39 is 0 Å². The van der Waals surface area contributed by atoms with Crippen LogP contribution < -0.4 is 19.9 Å². The van der Waals surface area contributed by atoms with Crippen LogP contribution in [-0.4, -0.2) is 32.5 Å². The van der Waals surface area contributed by atoms with Crippen molar-refractivity contribution in [3.63, 3.8) is 0 Å². The van der Waals surface area contributed by atoms with Gasteiger partial charge in [0.05, 0.1) is 11.3 Å². The number of hydrogen-bond donors (Lipinski definition) is 1. The van der Waals surface area contributed by atoms with E-state index in [0.29, 0.717) is 41.4 Å². The van der Waals surface area contributed by atoms with Crippen molar-refractivity contribution < 1.29 is 14.3 Å². The standard InChI is InChI=1S/C25H25N3O3/c1-4-28-21-15-18(24(29)26-16-17-9-12-19(13-10-17)27(2)3)11-14-23(21)31-22-8-6-5-7-20(22)25(28)30/h5-15H,4,16H2,1-3H3,(H,26,29). The fraction of sp³-hybridized carbons (Fsp3) is 0.200. The fourth-order valence-corrected chi connectivity index (χ4v) is 3.57. The van der Waals surface area contributed by atoms with Gasteiger partial charge in [-0.05, 0) is 55.0 Å². The molecule has 0 aliphatic carbocycles. The highest BCUT2D eigenvalue weighted by molar-refractivity contribution is 6.10. The maximum Gasteiger partial charge on any atom is 0.262 e. The lowest BCUT2D eigenvalue weighted by atomic mass is 10.1. The molecule has 6 heteroatoms. The molecule has 158 valence electrons. The summed E-state index contributed by atoms with van der Waals surface area (Å²) in [6.07, 6.45) is 0. The van der Waals surface area contributed by atoms with Crippen LogP contribution in [0.4, 0.5) is 11.4 Å². The Hall–Kier alpha value is -3.80. The molecular weight excluding hydrogens is 390 g/mol. The molecule has 1 heterocycles. The lowest BCUT2D eigenvalue weighted by Crippen LogP contribution is -2.30. The van der Waals surface area contributed by atoms with E-state index in [-0.39, 0.29) is 11.8 Å². The molecule has 3 aromatic carbocycles. The Labute approximate surface area is 182 Å². The average molecular weight is 415 g/mol. The third-order valence-corrected chi connectivity index (χ3v) is 5.32. The third kappa shape index (κ3) is 4.10. The van der Waals surface area contributed by atoms with Gasteiger partial charge in [0.2, 0.25) is 0 Å². The molecule has 0 atom stereocenters. The highest BCUT2D eigenvalue weighted by atomic mass is 16.5. The van der Waals surface area contributed by atoms with Crippen LogP contribution in [0.3, 0.4) is 0 Å². The molecule has 0 saturated heterocycles. The number of benzene rings is 3. The average Bonchev–Trinajstić information content (AvgIpc) is 2.90. The number of carbonyl (C=O) groups excluding carboxylic acids is 2. The van der Waals surface area contributed by atoms with Gasteiger partial charge < -0.3 is 19.9 Å². The van der Waals surface area contributed by atoms with Crippen LogP contribution in [-0.2, 0) is 6.54 Å². The number of nitrogens with zero attached hydrogens (tertiary/aromatic N) is 2. The van der Waals surface area contributed by atoms with Gasteiger partial charge in [0.1, 0.15) is 5.75 Å². The largest absolute Gasteiger partial charge is 0.454 e. The van der Waals surface area contributed by atoms with Crippen LogP contribution in [0.1, 0.15) is 33.2 Å². The molecule has 6 nitrogen and oxygen atoms in total. The van der Waals surface area contributed by atoms with Crippen LogP contribution in [0.2, 0.25) is 0 Å². The van der Waals surface area contributed by atoms with Gasteiger partial charge in [0, 0.05) is 38.4 Å². The number of amides is 2. The second-order valence-electron chi connectivity index (χ2n) is 7.57. The van der Waals surface area contributed by atoms with E-state index in [1.54, 1.807) is 35.2 Å². The number of para-hydroxylation sites is 1. The summed E-state index contributed by atoms with van der Waals surface area (Å²) in [5, 5.41) is 2.95. The minimum absolute atomic E-state index is 0.143. The van der Waals surface area contributed by atoms with Gasteiger partial charge in [-0.1, -0.05) is 24.3 Å². The molecule has 1 aliphatic rings. The maximum absolute atomic E-state index is 13.0. The van der Waals surface area contributed by atoms with Crippen molar-refractivity contribution in [3.05, 3.63) is 83.4 Å². The smallest absolute Gasteiger partial charge is 0.262 e. The zero-order chi connectivity index (χ0) is 22.0. The predicted molar refractivity (Wildman–Crippen MR) is 122 cm³/mol. The summed E-state index contributed by atoms with van der Waals surface area (Å²) < 4.78 is 6.00. The Balaban J connectivity index is 1.55. The molecule has 0 spiro atoms. The molecule has 1 N–H and O–H groups in total. The van der Waals surface area contributed by atoms with Crippen molar-refractivity contribution in [3.8, 4) is 11.5 Å². The van der Waals surface area contributed by atoms with E-state index in [1.807, 2.05) is 62.3 Å². The monoisotopic (exact) mass is 415 g/mol. The van der Waals surface area contributed by atoms with Crippen LogP contribution in [0, 0.1) is 0 Å². The maximum atomic E-state index is 13.0. The summed E-state index contributed by atoms with van der Waals surface area (Å²) in [7, 11) is 3.98. The summed E-state index contributed by atoms with van der Waals surface area (Å²) in [4.78, 5) is 29.5. The quantitative estimate of drug-likeness (QED) is 0.669. The highest BCUT2D eigenvalue weighted by Gasteiger charge is 2.27. The first-order valence-electron chi connectivity index (χ1n) is 10.2. The Morgan fingerprint density at radius 3 is 2.45 bits per heavy atom. The molecule has 4 rings (SSSR count). The van der Waals surface area contributed by atoms with Crippen molar-refractivity contribution in [2.24, 2.45) is 0 Å². The van der Waals surface area contributed by atoms with Gasteiger partial charge in [-0.3, -0.25) is 9.59 Å². The van der Waals surface area contributed by atoms with Crippen molar-refractivity contribution in [1.82, 2.24) is 5.32 Å². The van der Waals surface area contributed by atoms with Gasteiger partial charge in [-0.2, -0.15) is 0 Å². The molecule has 31 heavy (non-hydrogen) atoms. The first kappa shape index (κ1) is 20.5. The summed E-state index contributed by atoms with van der Waals surface area (Å²) in [5.41, 5.74) is 3.69. The summed E-state index contributed by atoms with van der Waals surface area (Å²) in [6, 6.07) is 20.4. The minimum Gasteiger partial charge on any atom is -0.454 e. The lowest BCUT2D eigenvalue weighted by Gasteiger charge is -2.20. The number of hydrogen-bond acceptors (Lipinski definition) is 4. The van der Waals surface area contributed by atoms with Gasteiger partial charge in [-0.15, -0.1) is 0 Å². The minimum atomic E-state index is -0.204. The lowest BCUT2D eigenvalue weighted by molar-refractivity contribution is 0.0948. The zero-order valence-electron chi connectivity index (χ0n) is 17.9. The topological polar surface area (TPSA) is 61.9 Å². The molecule has 1 aliphatic heterocycles. The van der Waals surface area contributed by atoms with E-state index in [1.165, 1.54) is 0 Å². The Kier molecular flexibility index (Phi) is 5.62. The van der Waals surface area contributed by atoms with E-state index in [4.69, 9.17) is 4.74 Å². The van der Waals surface area contributed by atoms with E-state index in [0.717, 1.165) is 11.3 Å². The van der Waals surface area contributed by atoms with Gasteiger partial charge in [-0.25, -0.2) is 0 Å². The van der Waals surface area contributed by atoms with Gasteiger partial charge in [0.25, 0.3) is 11.8 Å². The van der Waals surface area contributed by atoms with Crippen LogP contribution in [0.15, 0.2) is 66.7 Å². The van der Waals surface area contributed by atoms with Crippen molar-refractivity contribution in [2.75, 3.05) is 30.4 Å². The second kappa shape index (κ2) is 8.52. The Morgan fingerprint density at radius 2 is 1.74 bits per heavy atom. The van der Waals surface area contributed by atoms with Crippen LogP contribution in [0.25, 0.3) is 0 Å². The van der Waals surface area contributed by atoms with Crippen molar-refractivity contribution in [1.29, 1.82) is 0 Å². The summed E-state index contributed by atoms with van der Waals surface area (Å²) in [6.45, 7) is 2.79. The molecule has 0 radical (unpaired) electrons. The summed E-state index contributed by atoms with van der Waals surface area (Å²) in [5.74, 6) is 0.721. The third-order valence-electron chi connectivity index (χ3n) is 5.32. The second-order valence-corrected chi connectivity index (χ2v) is 7.57. The Bertz CT molecular complexity index is 1120. The number of ether oxygens (including phenoxy) is 1. The van der Waals surface area contributed by atoms with Gasteiger partial charge in [0.15, 0.2) is 5.75 Å². The Morgan fingerprint density at radius 1 is 1.00 bits per heavy atom. The zero-order valence-corrected chi connectivity index (χ0v) is 17.9. The van der Waals surface area contributed by atoms with E-state index in [2.05, 4.69) is 5.32 Å². The molecule has 0 aromatic heterocycles. The van der Waals surface area contributed by atoms with E-state index in [9.17, 15) is 9.59 Å². The normalized spacial score (nSPS) is 12.4. The molecule has 0 unspecified atom stereocenters. The molecule has 0 fully saturated rings. The van der Waals surface area contributed by atoms with Crippen molar-refractivity contribution >= 4 is 23.2 Å². The molecule has 0 saturated carbocycles. The molecule has 2 amide bonds. The van der Waals surface area contributed by atoms with Gasteiger partial charge >= 0.3 is 0 Å². The first-order valence-corrected chi connectivity index (χ1v) is 10.2. The predicted octanol–water partition coefficient (Wildman–Crippen LogP) is 4.46. The number of carbonyl (C=O) groups is 2. The molecule has 0 bridgehead atoms. The molecule has 3 aromatic rings. The summed E-state index contributed by atoms with van der Waals surface area (Å²) >= 11 is 0. The number of fused-ring (bicyclic) bond motifs is 2. The van der Waals surface area contributed by atoms with Crippen molar-refractivity contribution in [2.45, 2.75) is 13.5 Å². The van der Waals surface area contributed by atoms with Crippen LogP contribution in [0.5, 0.6) is 11.5 Å². The van der Waals surface area contributed by atoms with Crippen LogP contribution >= 0.6 is 0 Å². The first-order chi connectivity index (χ1) is 15.0. The fourth-order valence-electron chi connectivity index (χ4n) is 3.57. The van der Waals surface area contributed by atoms with E-state index >= 15 is 0 Å². The molecular formula is C25H25N3O3.